The molecule has 2 N–H and O–H groups in total. The molecule has 1 aromatic carbocycles. The predicted molar refractivity (Wildman–Crippen MR) is 119 cm³/mol. The number of halogens is 1. The predicted octanol–water partition coefficient (Wildman–Crippen LogP) is 3.88. The third kappa shape index (κ3) is 6.61. The van der Waals surface area contributed by atoms with Gasteiger partial charge in [-0.1, -0.05) is 25.0 Å². The van der Waals surface area contributed by atoms with Gasteiger partial charge >= 0.3 is 0 Å². The van der Waals surface area contributed by atoms with Gasteiger partial charge in [0.1, 0.15) is 5.75 Å². The average Bonchev–Trinajstić information content (AvgIpc) is 3.10. The van der Waals surface area contributed by atoms with Crippen LogP contribution < -0.4 is 15.4 Å². The summed E-state index contributed by atoms with van der Waals surface area (Å²) in [4.78, 5) is 4.37. The van der Waals surface area contributed by atoms with E-state index in [1.54, 1.807) is 14.2 Å². The first-order chi connectivity index (χ1) is 12.1. The van der Waals surface area contributed by atoms with Crippen molar-refractivity contribution in [2.75, 3.05) is 34.4 Å². The average molecular weight is 475 g/mol. The number of hydrogen-bond donors (Lipinski definition) is 2. The molecule has 0 saturated heterocycles. The zero-order valence-corrected chi connectivity index (χ0v) is 18.9. The number of ether oxygens (including phenoxy) is 2. The van der Waals surface area contributed by atoms with Gasteiger partial charge in [0.25, 0.3) is 0 Å². The molecule has 1 aliphatic carbocycles. The van der Waals surface area contributed by atoms with Gasteiger partial charge in [-0.3, -0.25) is 4.99 Å². The first-order valence-electron chi connectivity index (χ1n) is 9.19. The third-order valence-corrected chi connectivity index (χ3v) is 5.24. The highest BCUT2D eigenvalue weighted by atomic mass is 127. The summed E-state index contributed by atoms with van der Waals surface area (Å²) in [7, 11) is 5.31. The lowest BCUT2D eigenvalue weighted by atomic mass is 9.83. The van der Waals surface area contributed by atoms with Crippen LogP contribution in [0.3, 0.4) is 0 Å². The summed E-state index contributed by atoms with van der Waals surface area (Å²) >= 11 is 0. The Balaban J connectivity index is 0.00000338. The van der Waals surface area contributed by atoms with E-state index in [1.165, 1.54) is 31.2 Å². The minimum Gasteiger partial charge on any atom is -0.496 e. The summed E-state index contributed by atoms with van der Waals surface area (Å²) in [5.74, 6) is 1.75. The van der Waals surface area contributed by atoms with Crippen molar-refractivity contribution in [1.82, 2.24) is 10.6 Å². The summed E-state index contributed by atoms with van der Waals surface area (Å²) in [5.41, 5.74) is 2.67. The van der Waals surface area contributed by atoms with Gasteiger partial charge in [-0.2, -0.15) is 0 Å². The highest BCUT2D eigenvalue weighted by molar-refractivity contribution is 14.0. The van der Waals surface area contributed by atoms with Gasteiger partial charge in [-0.15, -0.1) is 24.0 Å². The SMILES string of the molecule is CN=C(NCc1ccc(C)cc1OC)NCC1(CCOC)CCCC1.I. The molecule has 5 nitrogen and oxygen atoms in total. The van der Waals surface area contributed by atoms with Gasteiger partial charge in [0.2, 0.25) is 0 Å². The Morgan fingerprint density at radius 2 is 1.92 bits per heavy atom. The van der Waals surface area contributed by atoms with Crippen molar-refractivity contribution in [1.29, 1.82) is 0 Å². The zero-order valence-electron chi connectivity index (χ0n) is 16.6. The highest BCUT2D eigenvalue weighted by Gasteiger charge is 2.33. The largest absolute Gasteiger partial charge is 0.496 e. The molecule has 0 amide bonds. The van der Waals surface area contributed by atoms with Crippen LogP contribution in [0.25, 0.3) is 0 Å². The molecular weight excluding hydrogens is 441 g/mol. The minimum absolute atomic E-state index is 0. The summed E-state index contributed by atoms with van der Waals surface area (Å²) < 4.78 is 10.8. The van der Waals surface area contributed by atoms with Crippen LogP contribution in [0.4, 0.5) is 0 Å². The lowest BCUT2D eigenvalue weighted by Crippen LogP contribution is -2.43. The summed E-state index contributed by atoms with van der Waals surface area (Å²) in [6.45, 7) is 4.53. The standard InChI is InChI=1S/C20H33N3O2.HI/c1-16-7-8-17(18(13-16)25-4)14-22-19(21-2)23-15-20(11-12-24-3)9-5-6-10-20;/h7-8,13H,5-6,9-12,14-15H2,1-4H3,(H2,21,22,23);1H. The molecule has 0 heterocycles. The Kier molecular flexibility index (Phi) is 10.3. The Hall–Kier alpha value is -1.02. The number of aryl methyl sites for hydroxylation is 1. The molecule has 1 aliphatic rings. The number of hydrogen-bond acceptors (Lipinski definition) is 3. The number of nitrogens with one attached hydrogen (secondary N) is 2. The molecule has 26 heavy (non-hydrogen) atoms. The monoisotopic (exact) mass is 475 g/mol. The second-order valence-electron chi connectivity index (χ2n) is 7.04. The maximum atomic E-state index is 5.48. The molecule has 0 aromatic heterocycles. The smallest absolute Gasteiger partial charge is 0.191 e. The molecule has 0 atom stereocenters. The van der Waals surface area contributed by atoms with Gasteiger partial charge in [0.05, 0.1) is 7.11 Å². The molecule has 0 spiro atoms. The van der Waals surface area contributed by atoms with Crippen molar-refractivity contribution in [3.63, 3.8) is 0 Å². The molecular formula is C20H34IN3O2. The normalized spacial score (nSPS) is 16.1. The molecule has 0 aliphatic heterocycles. The van der Waals surface area contributed by atoms with E-state index in [0.29, 0.717) is 12.0 Å². The molecule has 0 radical (unpaired) electrons. The van der Waals surface area contributed by atoms with E-state index in [0.717, 1.165) is 36.8 Å². The molecule has 0 unspecified atom stereocenters. The number of aliphatic imine (C=N–C) groups is 1. The number of rotatable bonds is 8. The summed E-state index contributed by atoms with van der Waals surface area (Å²) in [5, 5.41) is 6.93. The molecule has 148 valence electrons. The van der Waals surface area contributed by atoms with Crippen LogP contribution >= 0.6 is 24.0 Å². The second kappa shape index (κ2) is 11.6. The van der Waals surface area contributed by atoms with E-state index in [-0.39, 0.29) is 24.0 Å². The van der Waals surface area contributed by atoms with Crippen molar-refractivity contribution in [2.24, 2.45) is 10.4 Å². The number of nitrogens with zero attached hydrogens (tertiary/aromatic N) is 1. The molecule has 6 heteroatoms. The van der Waals surface area contributed by atoms with E-state index in [4.69, 9.17) is 9.47 Å². The van der Waals surface area contributed by atoms with Crippen molar-refractivity contribution >= 4 is 29.9 Å². The number of methoxy groups -OCH3 is 2. The van der Waals surface area contributed by atoms with Gasteiger partial charge in [-0.25, -0.2) is 0 Å². The Morgan fingerprint density at radius 1 is 1.19 bits per heavy atom. The van der Waals surface area contributed by atoms with Crippen molar-refractivity contribution in [2.45, 2.75) is 45.6 Å². The van der Waals surface area contributed by atoms with Crippen LogP contribution in [-0.2, 0) is 11.3 Å². The Morgan fingerprint density at radius 3 is 2.54 bits per heavy atom. The first kappa shape index (κ1) is 23.0. The van der Waals surface area contributed by atoms with E-state index < -0.39 is 0 Å². The van der Waals surface area contributed by atoms with Crippen LogP contribution in [0.15, 0.2) is 23.2 Å². The van der Waals surface area contributed by atoms with Crippen LogP contribution in [-0.4, -0.2) is 40.4 Å². The molecule has 1 aromatic rings. The number of benzene rings is 1. The summed E-state index contributed by atoms with van der Waals surface area (Å²) in [6, 6.07) is 6.27. The fourth-order valence-electron chi connectivity index (χ4n) is 3.63. The van der Waals surface area contributed by atoms with Crippen LogP contribution in [0.5, 0.6) is 5.75 Å². The highest BCUT2D eigenvalue weighted by Crippen LogP contribution is 2.40. The van der Waals surface area contributed by atoms with Crippen molar-refractivity contribution in [3.05, 3.63) is 29.3 Å². The van der Waals surface area contributed by atoms with Gasteiger partial charge in [0.15, 0.2) is 5.96 Å². The van der Waals surface area contributed by atoms with E-state index in [1.807, 2.05) is 7.05 Å². The van der Waals surface area contributed by atoms with Crippen molar-refractivity contribution < 1.29 is 9.47 Å². The molecule has 2 rings (SSSR count). The molecule has 1 fully saturated rings. The minimum atomic E-state index is 0. The van der Waals surface area contributed by atoms with Gasteiger partial charge in [0, 0.05) is 39.4 Å². The zero-order chi connectivity index (χ0) is 18.1. The summed E-state index contributed by atoms with van der Waals surface area (Å²) in [6.07, 6.45) is 6.29. The topological polar surface area (TPSA) is 54.9 Å². The first-order valence-corrected chi connectivity index (χ1v) is 9.19. The van der Waals surface area contributed by atoms with E-state index >= 15 is 0 Å². The van der Waals surface area contributed by atoms with Gasteiger partial charge < -0.3 is 20.1 Å². The third-order valence-electron chi connectivity index (χ3n) is 5.24. The maximum absolute atomic E-state index is 5.48. The van der Waals surface area contributed by atoms with E-state index in [9.17, 15) is 0 Å². The van der Waals surface area contributed by atoms with Crippen molar-refractivity contribution in [3.8, 4) is 5.75 Å². The van der Waals surface area contributed by atoms with Crippen LogP contribution in [0.2, 0.25) is 0 Å². The lowest BCUT2D eigenvalue weighted by Gasteiger charge is -2.30. The van der Waals surface area contributed by atoms with Crippen LogP contribution in [0, 0.1) is 12.3 Å². The number of guanidine groups is 1. The van der Waals surface area contributed by atoms with Gasteiger partial charge in [-0.05, 0) is 43.2 Å². The van der Waals surface area contributed by atoms with E-state index in [2.05, 4.69) is 40.7 Å². The Labute approximate surface area is 175 Å². The lowest BCUT2D eigenvalue weighted by molar-refractivity contribution is 0.138. The Bertz CT molecular complexity index is 572. The molecule has 0 bridgehead atoms. The maximum Gasteiger partial charge on any atom is 0.191 e. The fraction of sp³-hybridized carbons (Fsp3) is 0.650. The molecule has 1 saturated carbocycles. The van der Waals surface area contributed by atoms with Crippen LogP contribution in [0.1, 0.15) is 43.2 Å². The quantitative estimate of drug-likeness (QED) is 0.341. The second-order valence-corrected chi connectivity index (χ2v) is 7.04. The fourth-order valence-corrected chi connectivity index (χ4v) is 3.63.